The normalized spacial score (nSPS) is 10.6. The van der Waals surface area contributed by atoms with Gasteiger partial charge in [-0.3, -0.25) is 9.59 Å². The van der Waals surface area contributed by atoms with E-state index >= 15 is 0 Å². The van der Waals surface area contributed by atoms with Crippen molar-refractivity contribution in [1.29, 1.82) is 0 Å². The average molecular weight is 398 g/mol. The van der Waals surface area contributed by atoms with Gasteiger partial charge in [-0.2, -0.15) is 5.10 Å². The fraction of sp³-hybridized carbons (Fsp3) is 0.300. The lowest BCUT2D eigenvalue weighted by Crippen LogP contribution is -2.26. The predicted molar refractivity (Wildman–Crippen MR) is 109 cm³/mol. The van der Waals surface area contributed by atoms with Gasteiger partial charge < -0.3 is 10.1 Å². The van der Waals surface area contributed by atoms with Crippen LogP contribution in [0.25, 0.3) is 10.6 Å². The predicted octanol–water partition coefficient (Wildman–Crippen LogP) is 2.20. The first-order valence-corrected chi connectivity index (χ1v) is 9.82. The molecule has 2 heterocycles. The number of carbonyl (C=O) groups excluding carboxylic acids is 1. The van der Waals surface area contributed by atoms with E-state index in [4.69, 9.17) is 4.74 Å². The molecule has 2 aromatic heterocycles. The molecule has 3 rings (SSSR count). The van der Waals surface area contributed by atoms with E-state index in [2.05, 4.69) is 15.4 Å². The van der Waals surface area contributed by atoms with Gasteiger partial charge >= 0.3 is 0 Å². The van der Waals surface area contributed by atoms with Crippen molar-refractivity contribution in [3.8, 4) is 16.3 Å². The fourth-order valence-electron chi connectivity index (χ4n) is 2.63. The van der Waals surface area contributed by atoms with Crippen LogP contribution in [0.4, 0.5) is 0 Å². The second kappa shape index (κ2) is 9.27. The summed E-state index contributed by atoms with van der Waals surface area (Å²) in [7, 11) is 3.24. The Bertz CT molecular complexity index is 995. The van der Waals surface area contributed by atoms with Gasteiger partial charge in [0.25, 0.3) is 5.56 Å². The number of thiazole rings is 1. The average Bonchev–Trinajstić information content (AvgIpc) is 3.18. The molecule has 0 bridgehead atoms. The van der Waals surface area contributed by atoms with Crippen LogP contribution in [0.2, 0.25) is 0 Å². The smallest absolute Gasteiger partial charge is 0.266 e. The molecular formula is C20H22N4O3S. The first kappa shape index (κ1) is 19.8. The Morgan fingerprint density at radius 1 is 1.14 bits per heavy atom. The molecule has 0 unspecified atom stereocenters. The van der Waals surface area contributed by atoms with Gasteiger partial charge in [0.2, 0.25) is 5.91 Å². The maximum absolute atomic E-state index is 12.0. The second-order valence-corrected chi connectivity index (χ2v) is 7.12. The first-order valence-electron chi connectivity index (χ1n) is 8.94. The highest BCUT2D eigenvalue weighted by atomic mass is 32.1. The number of carbonyl (C=O) groups is 1. The number of ether oxygens (including phenoxy) is 1. The Morgan fingerprint density at radius 2 is 1.93 bits per heavy atom. The van der Waals surface area contributed by atoms with Crippen molar-refractivity contribution < 1.29 is 9.53 Å². The molecule has 1 N–H and O–H groups in total. The van der Waals surface area contributed by atoms with Crippen molar-refractivity contribution in [2.75, 3.05) is 13.7 Å². The number of nitrogens with one attached hydrogen (secondary N) is 1. The van der Waals surface area contributed by atoms with Gasteiger partial charge in [-0.25, -0.2) is 9.67 Å². The molecular weight excluding hydrogens is 376 g/mol. The zero-order valence-electron chi connectivity index (χ0n) is 15.8. The molecule has 0 fully saturated rings. The second-order valence-electron chi connectivity index (χ2n) is 6.26. The zero-order chi connectivity index (χ0) is 19.9. The highest BCUT2D eigenvalue weighted by Gasteiger charge is 2.07. The van der Waals surface area contributed by atoms with Crippen molar-refractivity contribution in [3.05, 3.63) is 63.5 Å². The molecule has 3 aromatic rings. The Labute approximate surface area is 167 Å². The number of aryl methyl sites for hydroxylation is 2. The minimum Gasteiger partial charge on any atom is -0.497 e. The van der Waals surface area contributed by atoms with Crippen LogP contribution in [-0.2, 0) is 24.7 Å². The molecule has 146 valence electrons. The summed E-state index contributed by atoms with van der Waals surface area (Å²) in [5, 5.41) is 9.99. The van der Waals surface area contributed by atoms with Crippen LogP contribution in [0.5, 0.6) is 5.75 Å². The summed E-state index contributed by atoms with van der Waals surface area (Å²) < 4.78 is 6.44. The Hall–Kier alpha value is -3.00. The molecule has 0 aliphatic rings. The van der Waals surface area contributed by atoms with E-state index in [1.165, 1.54) is 10.7 Å². The van der Waals surface area contributed by atoms with Gasteiger partial charge in [0.15, 0.2) is 0 Å². The number of hydrogen-bond donors (Lipinski definition) is 1. The number of hydrogen-bond acceptors (Lipinski definition) is 6. The van der Waals surface area contributed by atoms with Gasteiger partial charge in [0, 0.05) is 49.9 Å². The van der Waals surface area contributed by atoms with Gasteiger partial charge in [-0.05, 0) is 30.3 Å². The lowest BCUT2D eigenvalue weighted by atomic mass is 10.2. The number of methoxy groups -OCH3 is 1. The molecule has 0 saturated carbocycles. The van der Waals surface area contributed by atoms with Crippen LogP contribution in [0.1, 0.15) is 17.8 Å². The first-order chi connectivity index (χ1) is 13.5. The summed E-state index contributed by atoms with van der Waals surface area (Å²) in [6.45, 7) is 0.533. The number of aromatic nitrogens is 3. The molecule has 1 amide bonds. The summed E-state index contributed by atoms with van der Waals surface area (Å²) >= 11 is 1.58. The van der Waals surface area contributed by atoms with Gasteiger partial charge in [0.1, 0.15) is 10.8 Å². The molecule has 0 radical (unpaired) electrons. The van der Waals surface area contributed by atoms with Crippen molar-refractivity contribution in [2.24, 2.45) is 7.05 Å². The van der Waals surface area contributed by atoms with Crippen molar-refractivity contribution in [1.82, 2.24) is 20.1 Å². The monoisotopic (exact) mass is 398 g/mol. The van der Waals surface area contributed by atoms with E-state index in [0.29, 0.717) is 25.8 Å². The number of rotatable bonds is 8. The molecule has 7 nitrogen and oxygen atoms in total. The third kappa shape index (κ3) is 5.26. The largest absolute Gasteiger partial charge is 0.497 e. The zero-order valence-corrected chi connectivity index (χ0v) is 16.7. The Balaban J connectivity index is 1.44. The molecule has 0 saturated heterocycles. The molecule has 0 spiro atoms. The third-order valence-corrected chi connectivity index (χ3v) is 5.16. The van der Waals surface area contributed by atoms with E-state index in [0.717, 1.165) is 27.7 Å². The summed E-state index contributed by atoms with van der Waals surface area (Å²) in [6.07, 6.45) is 1.51. The van der Waals surface area contributed by atoms with E-state index in [9.17, 15) is 9.59 Å². The number of amides is 1. The summed E-state index contributed by atoms with van der Waals surface area (Å²) in [5.74, 6) is 0.775. The molecule has 8 heteroatoms. The van der Waals surface area contributed by atoms with E-state index in [1.807, 2.05) is 29.6 Å². The van der Waals surface area contributed by atoms with E-state index in [1.54, 1.807) is 31.6 Å². The lowest BCUT2D eigenvalue weighted by Gasteiger charge is -2.05. The molecule has 28 heavy (non-hydrogen) atoms. The quantitative estimate of drug-likeness (QED) is 0.629. The number of nitrogens with zero attached hydrogens (tertiary/aromatic N) is 3. The summed E-state index contributed by atoms with van der Waals surface area (Å²) in [5.41, 5.74) is 2.56. The van der Waals surface area contributed by atoms with Gasteiger partial charge in [0.05, 0.1) is 18.5 Å². The minimum atomic E-state index is -0.162. The molecule has 0 aliphatic heterocycles. The van der Waals surface area contributed by atoms with Crippen molar-refractivity contribution in [2.45, 2.75) is 19.3 Å². The van der Waals surface area contributed by atoms with Gasteiger partial charge in [-0.1, -0.05) is 0 Å². The van der Waals surface area contributed by atoms with Crippen LogP contribution >= 0.6 is 11.3 Å². The molecule has 0 aliphatic carbocycles. The van der Waals surface area contributed by atoms with E-state index in [-0.39, 0.29) is 11.5 Å². The van der Waals surface area contributed by atoms with Gasteiger partial charge in [-0.15, -0.1) is 11.3 Å². The topological polar surface area (TPSA) is 86.1 Å². The number of benzene rings is 1. The van der Waals surface area contributed by atoms with Crippen LogP contribution in [0.3, 0.4) is 0 Å². The fourth-order valence-corrected chi connectivity index (χ4v) is 3.49. The van der Waals surface area contributed by atoms with E-state index < -0.39 is 0 Å². The summed E-state index contributed by atoms with van der Waals surface area (Å²) in [6, 6.07) is 10.9. The third-order valence-electron chi connectivity index (χ3n) is 4.22. The highest BCUT2D eigenvalue weighted by molar-refractivity contribution is 7.13. The van der Waals surface area contributed by atoms with Crippen LogP contribution in [0, 0.1) is 0 Å². The van der Waals surface area contributed by atoms with Crippen LogP contribution < -0.4 is 15.6 Å². The maximum Gasteiger partial charge on any atom is 0.266 e. The minimum absolute atomic E-state index is 0.0405. The highest BCUT2D eigenvalue weighted by Crippen LogP contribution is 2.25. The van der Waals surface area contributed by atoms with Crippen molar-refractivity contribution >= 4 is 17.2 Å². The standard InChI is InChI=1S/C20H22N4O3S/c1-24-19(26)10-6-15(23-24)5-9-18(25)21-12-11-16-13-28-20(22-16)14-3-7-17(27-2)8-4-14/h3-4,6-8,10,13H,5,9,11-12H2,1-2H3,(H,21,25). The Morgan fingerprint density at radius 3 is 2.64 bits per heavy atom. The maximum atomic E-state index is 12.0. The Kier molecular flexibility index (Phi) is 6.54. The van der Waals surface area contributed by atoms with Crippen molar-refractivity contribution in [3.63, 3.8) is 0 Å². The summed E-state index contributed by atoms with van der Waals surface area (Å²) in [4.78, 5) is 28.0. The molecule has 0 atom stereocenters. The SMILES string of the molecule is COc1ccc(-c2nc(CCNC(=O)CCc3ccc(=O)n(C)n3)cs2)cc1. The molecule has 1 aromatic carbocycles. The lowest BCUT2D eigenvalue weighted by molar-refractivity contribution is -0.121. The van der Waals surface area contributed by atoms with Crippen LogP contribution in [-0.4, -0.2) is 34.3 Å². The van der Waals surface area contributed by atoms with Crippen LogP contribution in [0.15, 0.2) is 46.6 Å².